The van der Waals surface area contributed by atoms with Gasteiger partial charge in [0.05, 0.1) is 0 Å². The van der Waals surface area contributed by atoms with Crippen LogP contribution in [0.1, 0.15) is 46.0 Å². The van der Waals surface area contributed by atoms with Gasteiger partial charge in [0.25, 0.3) is 0 Å². The monoisotopic (exact) mass is 209 g/mol. The second-order valence-electron chi connectivity index (χ2n) is 5.77. The molecule has 0 aromatic heterocycles. The molecule has 0 radical (unpaired) electrons. The van der Waals surface area contributed by atoms with Gasteiger partial charge >= 0.3 is 0 Å². The lowest BCUT2D eigenvalue weighted by molar-refractivity contribution is -0.121. The number of nitrogens with one attached hydrogen (secondary N) is 1. The van der Waals surface area contributed by atoms with Crippen molar-refractivity contribution in [2.45, 2.75) is 46.0 Å². The minimum absolute atomic E-state index is 0.429. The summed E-state index contributed by atoms with van der Waals surface area (Å²) in [4.78, 5) is 12.0. The fourth-order valence-corrected chi connectivity index (χ4v) is 2.89. The summed E-state index contributed by atoms with van der Waals surface area (Å²) in [6.45, 7) is 6.63. The summed E-state index contributed by atoms with van der Waals surface area (Å²) >= 11 is 0. The molecule has 1 atom stereocenters. The summed E-state index contributed by atoms with van der Waals surface area (Å²) in [5.74, 6) is 1.64. The van der Waals surface area contributed by atoms with Crippen LogP contribution >= 0.6 is 0 Å². The molecule has 1 unspecified atom stereocenters. The first-order valence-corrected chi connectivity index (χ1v) is 6.37. The van der Waals surface area contributed by atoms with E-state index in [4.69, 9.17) is 0 Å². The number of piperidine rings is 1. The van der Waals surface area contributed by atoms with Crippen molar-refractivity contribution < 1.29 is 4.79 Å². The van der Waals surface area contributed by atoms with E-state index in [1.807, 2.05) is 0 Å². The normalized spacial score (nSPS) is 28.3. The summed E-state index contributed by atoms with van der Waals surface area (Å²) < 4.78 is 0. The Bertz CT molecular complexity index is 241. The van der Waals surface area contributed by atoms with Gasteiger partial charge in [0.1, 0.15) is 5.78 Å². The molecule has 0 aromatic carbocycles. The zero-order valence-corrected chi connectivity index (χ0v) is 10.0. The topological polar surface area (TPSA) is 29.1 Å². The van der Waals surface area contributed by atoms with Crippen LogP contribution in [0.5, 0.6) is 0 Å². The van der Waals surface area contributed by atoms with Gasteiger partial charge < -0.3 is 5.32 Å². The van der Waals surface area contributed by atoms with Gasteiger partial charge in [0, 0.05) is 12.3 Å². The fourth-order valence-electron chi connectivity index (χ4n) is 2.89. The van der Waals surface area contributed by atoms with E-state index in [0.717, 1.165) is 25.9 Å². The zero-order valence-electron chi connectivity index (χ0n) is 10.0. The van der Waals surface area contributed by atoms with Gasteiger partial charge in [0.15, 0.2) is 0 Å². The van der Waals surface area contributed by atoms with E-state index in [1.54, 1.807) is 0 Å². The van der Waals surface area contributed by atoms with Crippen molar-refractivity contribution in [3.8, 4) is 0 Å². The Hall–Kier alpha value is -0.370. The maximum atomic E-state index is 12.0. The highest BCUT2D eigenvalue weighted by molar-refractivity contribution is 5.84. The van der Waals surface area contributed by atoms with E-state index >= 15 is 0 Å². The van der Waals surface area contributed by atoms with Crippen LogP contribution in [0.4, 0.5) is 0 Å². The maximum absolute atomic E-state index is 12.0. The first kappa shape index (κ1) is 11.1. The lowest BCUT2D eigenvalue weighted by Gasteiger charge is -2.23. The van der Waals surface area contributed by atoms with Crippen molar-refractivity contribution >= 4 is 5.78 Å². The van der Waals surface area contributed by atoms with Gasteiger partial charge in [-0.3, -0.25) is 4.79 Å². The number of carbonyl (C=O) groups is 1. The highest BCUT2D eigenvalue weighted by atomic mass is 16.1. The van der Waals surface area contributed by atoms with Crippen LogP contribution in [-0.4, -0.2) is 18.9 Å². The minimum Gasteiger partial charge on any atom is -0.317 e. The number of rotatable bonds is 4. The first-order valence-electron chi connectivity index (χ1n) is 6.37. The van der Waals surface area contributed by atoms with E-state index in [2.05, 4.69) is 19.2 Å². The Morgan fingerprint density at radius 3 is 2.67 bits per heavy atom. The highest BCUT2D eigenvalue weighted by Crippen LogP contribution is 2.59. The average molecular weight is 209 g/mol. The lowest BCUT2D eigenvalue weighted by Crippen LogP contribution is -2.30. The molecule has 2 fully saturated rings. The highest BCUT2D eigenvalue weighted by Gasteiger charge is 2.56. The molecule has 2 rings (SSSR count). The summed E-state index contributed by atoms with van der Waals surface area (Å²) in [6, 6.07) is 0. The number of carbonyl (C=O) groups excluding carboxylic acids is 1. The fraction of sp³-hybridized carbons (Fsp3) is 0.923. The van der Waals surface area contributed by atoms with Gasteiger partial charge in [-0.05, 0) is 50.1 Å². The van der Waals surface area contributed by atoms with Gasteiger partial charge in [-0.1, -0.05) is 13.8 Å². The Morgan fingerprint density at radius 2 is 2.07 bits per heavy atom. The third kappa shape index (κ3) is 2.41. The van der Waals surface area contributed by atoms with Gasteiger partial charge in [-0.25, -0.2) is 0 Å². The van der Waals surface area contributed by atoms with E-state index in [-0.39, 0.29) is 0 Å². The third-order valence-electron chi connectivity index (χ3n) is 4.15. The zero-order chi connectivity index (χ0) is 10.9. The van der Waals surface area contributed by atoms with Crippen LogP contribution in [0.15, 0.2) is 0 Å². The second kappa shape index (κ2) is 4.25. The molecule has 2 nitrogen and oxygen atoms in total. The Labute approximate surface area is 92.8 Å². The molecule has 0 aromatic rings. The van der Waals surface area contributed by atoms with Crippen LogP contribution in [0, 0.1) is 17.3 Å². The van der Waals surface area contributed by atoms with Crippen LogP contribution in [0.25, 0.3) is 0 Å². The molecule has 1 N–H and O–H groups in total. The molecule has 2 heteroatoms. The van der Waals surface area contributed by atoms with Crippen LogP contribution < -0.4 is 5.32 Å². The molecule has 0 amide bonds. The lowest BCUT2D eigenvalue weighted by atomic mass is 9.89. The summed E-state index contributed by atoms with van der Waals surface area (Å²) in [5, 5.41) is 3.38. The standard InChI is InChI=1S/C13H23NO/c1-10(2)3-4-12(15)11-9-13(11)5-7-14-8-6-13/h10-11,14H,3-9H2,1-2H3. The molecule has 86 valence electrons. The molecule has 1 aliphatic heterocycles. The SMILES string of the molecule is CC(C)CCC(=O)C1CC12CCNCC2. The number of hydrogen-bond acceptors (Lipinski definition) is 2. The van der Waals surface area contributed by atoms with Gasteiger partial charge in [0.2, 0.25) is 0 Å². The van der Waals surface area contributed by atoms with Crippen LogP contribution in [-0.2, 0) is 4.79 Å². The molecule has 2 aliphatic rings. The summed E-state index contributed by atoms with van der Waals surface area (Å²) in [7, 11) is 0. The molecule has 0 bridgehead atoms. The predicted octanol–water partition coefficient (Wildman–Crippen LogP) is 2.38. The third-order valence-corrected chi connectivity index (χ3v) is 4.15. The largest absolute Gasteiger partial charge is 0.317 e. The molecule has 1 aliphatic carbocycles. The molecule has 1 saturated heterocycles. The second-order valence-corrected chi connectivity index (χ2v) is 5.77. The van der Waals surface area contributed by atoms with Crippen LogP contribution in [0.3, 0.4) is 0 Å². The number of Topliss-reactive ketones (excluding diaryl/α,β-unsaturated/α-hetero) is 1. The van der Waals surface area contributed by atoms with Crippen molar-refractivity contribution in [3.63, 3.8) is 0 Å². The van der Waals surface area contributed by atoms with E-state index < -0.39 is 0 Å². The minimum atomic E-state index is 0.429. The number of ketones is 1. The smallest absolute Gasteiger partial charge is 0.136 e. The van der Waals surface area contributed by atoms with Crippen molar-refractivity contribution in [1.82, 2.24) is 5.32 Å². The summed E-state index contributed by atoms with van der Waals surface area (Å²) in [5.41, 5.74) is 0.444. The molecule has 1 heterocycles. The van der Waals surface area contributed by atoms with Crippen molar-refractivity contribution in [1.29, 1.82) is 0 Å². The first-order chi connectivity index (χ1) is 7.14. The number of hydrogen-bond donors (Lipinski definition) is 1. The molecular formula is C13H23NO. The molecular weight excluding hydrogens is 186 g/mol. The maximum Gasteiger partial charge on any atom is 0.136 e. The molecule has 1 saturated carbocycles. The van der Waals surface area contributed by atoms with Crippen LogP contribution in [0.2, 0.25) is 0 Å². The summed E-state index contributed by atoms with van der Waals surface area (Å²) in [6.07, 6.45) is 5.53. The van der Waals surface area contributed by atoms with E-state index in [0.29, 0.717) is 23.0 Å². The van der Waals surface area contributed by atoms with Crippen molar-refractivity contribution in [2.24, 2.45) is 17.3 Å². The molecule has 15 heavy (non-hydrogen) atoms. The van der Waals surface area contributed by atoms with E-state index in [9.17, 15) is 4.79 Å². The average Bonchev–Trinajstić information content (AvgIpc) is 2.90. The Kier molecular flexibility index (Phi) is 3.15. The quantitative estimate of drug-likeness (QED) is 0.770. The van der Waals surface area contributed by atoms with Crippen molar-refractivity contribution in [2.75, 3.05) is 13.1 Å². The Balaban J connectivity index is 1.79. The predicted molar refractivity (Wildman–Crippen MR) is 61.7 cm³/mol. The molecule has 1 spiro atoms. The Morgan fingerprint density at radius 1 is 1.40 bits per heavy atom. The van der Waals surface area contributed by atoms with Crippen molar-refractivity contribution in [3.05, 3.63) is 0 Å². The van der Waals surface area contributed by atoms with E-state index in [1.165, 1.54) is 19.3 Å². The van der Waals surface area contributed by atoms with Gasteiger partial charge in [-0.15, -0.1) is 0 Å². The van der Waals surface area contributed by atoms with Gasteiger partial charge in [-0.2, -0.15) is 0 Å².